The molecule has 180 valence electrons. The fraction of sp³-hybridized carbons (Fsp3) is 0.231. The van der Waals surface area contributed by atoms with Crippen LogP contribution in [0.5, 0.6) is 11.5 Å². The predicted octanol–water partition coefficient (Wildman–Crippen LogP) is 2.73. The zero-order valence-electron chi connectivity index (χ0n) is 19.7. The SMILES string of the molecule is CCOC(=O)C1=C(C)N=c2sc(=Cc3cccc(OC)c3)c(=O)n2C1c1ccc(OC(C)=O)cc1. The number of allylic oxidation sites excluding steroid dienone is 1. The van der Waals surface area contributed by atoms with Crippen LogP contribution >= 0.6 is 11.3 Å². The van der Waals surface area contributed by atoms with Gasteiger partial charge in [0.15, 0.2) is 4.80 Å². The number of methoxy groups -OCH3 is 1. The molecule has 8 nitrogen and oxygen atoms in total. The quantitative estimate of drug-likeness (QED) is 0.388. The highest BCUT2D eigenvalue weighted by molar-refractivity contribution is 7.07. The van der Waals surface area contributed by atoms with Crippen LogP contribution in [0.3, 0.4) is 0 Å². The van der Waals surface area contributed by atoms with Gasteiger partial charge in [0.25, 0.3) is 5.56 Å². The Hall–Kier alpha value is -3.98. The molecule has 0 spiro atoms. The lowest BCUT2D eigenvalue weighted by Gasteiger charge is -2.24. The van der Waals surface area contributed by atoms with Crippen LogP contribution in [0.4, 0.5) is 0 Å². The van der Waals surface area contributed by atoms with Crippen molar-refractivity contribution in [1.29, 1.82) is 0 Å². The highest BCUT2D eigenvalue weighted by atomic mass is 32.1. The molecule has 2 heterocycles. The molecule has 1 aliphatic heterocycles. The van der Waals surface area contributed by atoms with E-state index in [4.69, 9.17) is 14.2 Å². The van der Waals surface area contributed by atoms with Gasteiger partial charge in [-0.25, -0.2) is 9.79 Å². The summed E-state index contributed by atoms with van der Waals surface area (Å²) >= 11 is 1.24. The first-order valence-electron chi connectivity index (χ1n) is 10.9. The van der Waals surface area contributed by atoms with Gasteiger partial charge in [-0.1, -0.05) is 35.6 Å². The number of ether oxygens (including phenoxy) is 3. The van der Waals surface area contributed by atoms with Crippen molar-refractivity contribution >= 4 is 29.4 Å². The van der Waals surface area contributed by atoms with Crippen LogP contribution in [0, 0.1) is 0 Å². The summed E-state index contributed by atoms with van der Waals surface area (Å²) in [5.74, 6) is 0.0684. The summed E-state index contributed by atoms with van der Waals surface area (Å²) in [6.45, 7) is 4.96. The third kappa shape index (κ3) is 4.95. The van der Waals surface area contributed by atoms with Gasteiger partial charge in [0.1, 0.15) is 11.5 Å². The lowest BCUT2D eigenvalue weighted by Crippen LogP contribution is -2.39. The van der Waals surface area contributed by atoms with Gasteiger partial charge in [-0.3, -0.25) is 14.2 Å². The van der Waals surface area contributed by atoms with E-state index in [2.05, 4.69) is 4.99 Å². The Kier molecular flexibility index (Phi) is 6.97. The van der Waals surface area contributed by atoms with Crippen molar-refractivity contribution in [3.05, 3.63) is 90.6 Å². The van der Waals surface area contributed by atoms with Crippen LogP contribution in [-0.2, 0) is 14.3 Å². The standard InChI is InChI=1S/C26H24N2O6S/c1-5-33-25(31)22-15(2)27-26-28(23(22)18-9-11-19(12-10-18)34-16(3)29)24(30)21(35-26)14-17-7-6-8-20(13-17)32-4/h6-14,23H,5H2,1-4H3. The highest BCUT2D eigenvalue weighted by Gasteiger charge is 2.33. The van der Waals surface area contributed by atoms with E-state index in [-0.39, 0.29) is 17.7 Å². The maximum atomic E-state index is 13.6. The van der Waals surface area contributed by atoms with Crippen LogP contribution in [0.1, 0.15) is 37.9 Å². The zero-order valence-corrected chi connectivity index (χ0v) is 20.5. The summed E-state index contributed by atoms with van der Waals surface area (Å²) in [7, 11) is 1.58. The predicted molar refractivity (Wildman–Crippen MR) is 131 cm³/mol. The summed E-state index contributed by atoms with van der Waals surface area (Å²) < 4.78 is 17.7. The molecule has 0 saturated carbocycles. The Morgan fingerprint density at radius 3 is 2.54 bits per heavy atom. The number of carbonyl (C=O) groups excluding carboxylic acids is 2. The molecular weight excluding hydrogens is 468 g/mol. The minimum Gasteiger partial charge on any atom is -0.497 e. The molecule has 0 N–H and O–H groups in total. The van der Waals surface area contributed by atoms with Crippen molar-refractivity contribution in [2.24, 2.45) is 4.99 Å². The van der Waals surface area contributed by atoms with Gasteiger partial charge in [0.05, 0.1) is 35.6 Å². The Morgan fingerprint density at radius 2 is 1.89 bits per heavy atom. The number of benzene rings is 2. The molecule has 3 aromatic rings. The smallest absolute Gasteiger partial charge is 0.338 e. The van der Waals surface area contributed by atoms with E-state index in [0.717, 1.165) is 5.56 Å². The van der Waals surface area contributed by atoms with E-state index in [0.29, 0.717) is 32.1 Å². The third-order valence-corrected chi connectivity index (χ3v) is 6.35. The van der Waals surface area contributed by atoms with Crippen LogP contribution in [0.25, 0.3) is 6.08 Å². The molecule has 0 radical (unpaired) electrons. The van der Waals surface area contributed by atoms with Gasteiger partial charge in [0.2, 0.25) is 0 Å². The monoisotopic (exact) mass is 492 g/mol. The highest BCUT2D eigenvalue weighted by Crippen LogP contribution is 2.31. The van der Waals surface area contributed by atoms with Crippen LogP contribution < -0.4 is 24.4 Å². The number of aromatic nitrogens is 1. The summed E-state index contributed by atoms with van der Waals surface area (Å²) in [5.41, 5.74) is 1.95. The number of hydrogen-bond donors (Lipinski definition) is 0. The van der Waals surface area contributed by atoms with Gasteiger partial charge in [-0.2, -0.15) is 0 Å². The van der Waals surface area contributed by atoms with Crippen molar-refractivity contribution in [3.63, 3.8) is 0 Å². The minimum absolute atomic E-state index is 0.188. The summed E-state index contributed by atoms with van der Waals surface area (Å²) in [6, 6.07) is 13.3. The first kappa shape index (κ1) is 24.2. The lowest BCUT2D eigenvalue weighted by atomic mass is 9.96. The minimum atomic E-state index is -0.746. The molecule has 0 saturated heterocycles. The summed E-state index contributed by atoms with van der Waals surface area (Å²) in [4.78, 5) is 42.9. The fourth-order valence-corrected chi connectivity index (χ4v) is 4.92. The van der Waals surface area contributed by atoms with E-state index >= 15 is 0 Å². The van der Waals surface area contributed by atoms with Gasteiger partial charge in [-0.05, 0) is 55.3 Å². The lowest BCUT2D eigenvalue weighted by molar-refractivity contribution is -0.139. The number of carbonyl (C=O) groups is 2. The average molecular weight is 493 g/mol. The second-order valence-electron chi connectivity index (χ2n) is 7.74. The maximum absolute atomic E-state index is 13.6. The normalized spacial score (nSPS) is 15.3. The Bertz CT molecular complexity index is 1500. The number of rotatable bonds is 6. The molecule has 2 aromatic carbocycles. The first-order valence-corrected chi connectivity index (χ1v) is 11.8. The van der Waals surface area contributed by atoms with E-state index in [1.54, 1.807) is 51.3 Å². The topological polar surface area (TPSA) is 96.2 Å². The van der Waals surface area contributed by atoms with Crippen LogP contribution in [0.2, 0.25) is 0 Å². The molecule has 1 aromatic heterocycles. The Labute approximate surface area is 205 Å². The molecule has 1 atom stereocenters. The van der Waals surface area contributed by atoms with Crippen molar-refractivity contribution in [3.8, 4) is 11.5 Å². The Balaban J connectivity index is 1.90. The van der Waals surface area contributed by atoms with Crippen molar-refractivity contribution in [2.45, 2.75) is 26.8 Å². The molecule has 1 unspecified atom stereocenters. The van der Waals surface area contributed by atoms with E-state index in [9.17, 15) is 14.4 Å². The van der Waals surface area contributed by atoms with Gasteiger partial charge >= 0.3 is 11.9 Å². The van der Waals surface area contributed by atoms with E-state index < -0.39 is 18.0 Å². The first-order chi connectivity index (χ1) is 16.8. The zero-order chi connectivity index (χ0) is 25.1. The van der Waals surface area contributed by atoms with Crippen molar-refractivity contribution in [1.82, 2.24) is 4.57 Å². The summed E-state index contributed by atoms with van der Waals surface area (Å²) in [5, 5.41) is 0. The van der Waals surface area contributed by atoms with Gasteiger partial charge < -0.3 is 14.2 Å². The largest absolute Gasteiger partial charge is 0.497 e. The fourth-order valence-electron chi connectivity index (χ4n) is 3.87. The molecule has 35 heavy (non-hydrogen) atoms. The second-order valence-corrected chi connectivity index (χ2v) is 8.75. The van der Waals surface area contributed by atoms with Gasteiger partial charge in [0, 0.05) is 6.92 Å². The molecule has 0 amide bonds. The Morgan fingerprint density at radius 1 is 1.14 bits per heavy atom. The van der Waals surface area contributed by atoms with E-state index in [1.807, 2.05) is 24.3 Å². The van der Waals surface area contributed by atoms with Crippen LogP contribution in [-0.4, -0.2) is 30.2 Å². The number of hydrogen-bond acceptors (Lipinski definition) is 8. The van der Waals surface area contributed by atoms with Gasteiger partial charge in [-0.15, -0.1) is 0 Å². The van der Waals surface area contributed by atoms with E-state index in [1.165, 1.54) is 22.8 Å². The number of fused-ring (bicyclic) bond motifs is 1. The molecule has 9 heteroatoms. The van der Waals surface area contributed by atoms with Crippen molar-refractivity contribution in [2.75, 3.05) is 13.7 Å². The second kappa shape index (κ2) is 10.1. The molecule has 0 aliphatic carbocycles. The third-order valence-electron chi connectivity index (χ3n) is 5.37. The molecular formula is C26H24N2O6S. The van der Waals surface area contributed by atoms with Crippen molar-refractivity contribution < 1.29 is 23.8 Å². The molecule has 4 rings (SSSR count). The molecule has 1 aliphatic rings. The molecule has 0 fully saturated rings. The number of thiazole rings is 1. The average Bonchev–Trinajstić information content (AvgIpc) is 3.13. The van der Waals surface area contributed by atoms with Crippen LogP contribution in [0.15, 0.2) is 69.6 Å². The summed E-state index contributed by atoms with van der Waals surface area (Å²) in [6.07, 6.45) is 1.77. The maximum Gasteiger partial charge on any atom is 0.338 e. The number of esters is 2. The number of nitrogens with zero attached hydrogens (tertiary/aromatic N) is 2. The molecule has 0 bridgehead atoms.